The van der Waals surface area contributed by atoms with Crippen molar-refractivity contribution in [2.45, 2.75) is 0 Å². The van der Waals surface area contributed by atoms with Gasteiger partial charge in [0.05, 0.1) is 0 Å². The Morgan fingerprint density at radius 3 is 2.23 bits per heavy atom. The molecule has 0 radical (unpaired) electrons. The second-order valence-electron chi connectivity index (χ2n) is 4.51. The molecule has 22 heavy (non-hydrogen) atoms. The van der Waals surface area contributed by atoms with Gasteiger partial charge >= 0.3 is 0 Å². The van der Waals surface area contributed by atoms with Crippen molar-refractivity contribution < 1.29 is 9.59 Å². The second-order valence-corrected chi connectivity index (χ2v) is 5.42. The van der Waals surface area contributed by atoms with Gasteiger partial charge < -0.3 is 10.6 Å². The first-order chi connectivity index (χ1) is 10.6. The van der Waals surface area contributed by atoms with Crippen molar-refractivity contribution in [3.8, 4) is 0 Å². The van der Waals surface area contributed by atoms with E-state index >= 15 is 0 Å². The highest BCUT2D eigenvalue weighted by molar-refractivity contribution is 9.10. The van der Waals surface area contributed by atoms with E-state index in [2.05, 4.69) is 26.6 Å². The van der Waals surface area contributed by atoms with Gasteiger partial charge in [-0.05, 0) is 35.9 Å². The van der Waals surface area contributed by atoms with Crippen LogP contribution in [0.1, 0.15) is 15.9 Å². The number of hydrogen-bond donors (Lipinski definition) is 2. The van der Waals surface area contributed by atoms with Gasteiger partial charge in [-0.25, -0.2) is 0 Å². The fraction of sp³-hybridized carbons (Fsp3) is 0.0588. The number of rotatable bonds is 4. The standard InChI is InChI=1S/C17H15BrN2O2/c1-19-17(22)15(11-12-5-3-2-4-6-12)20-16(21)13-7-9-14(18)10-8-13/h2-11H,1H3,(H,19,22)(H,20,21)/b15-11+. The lowest BCUT2D eigenvalue weighted by Gasteiger charge is -2.09. The number of amides is 2. The van der Waals surface area contributed by atoms with Gasteiger partial charge in [-0.3, -0.25) is 9.59 Å². The highest BCUT2D eigenvalue weighted by atomic mass is 79.9. The number of hydrogen-bond acceptors (Lipinski definition) is 2. The zero-order chi connectivity index (χ0) is 15.9. The first-order valence-electron chi connectivity index (χ1n) is 6.66. The van der Waals surface area contributed by atoms with E-state index in [0.29, 0.717) is 5.56 Å². The Labute approximate surface area is 137 Å². The lowest BCUT2D eigenvalue weighted by molar-refractivity contribution is -0.117. The second kappa shape index (κ2) is 7.56. The molecule has 2 aromatic carbocycles. The molecule has 0 aliphatic rings. The predicted molar refractivity (Wildman–Crippen MR) is 90.1 cm³/mol. The van der Waals surface area contributed by atoms with E-state index in [1.54, 1.807) is 30.3 Å². The van der Waals surface area contributed by atoms with Crippen LogP contribution in [-0.4, -0.2) is 18.9 Å². The average Bonchev–Trinajstić information content (AvgIpc) is 2.55. The van der Waals surface area contributed by atoms with Gasteiger partial charge in [-0.2, -0.15) is 0 Å². The molecule has 0 fully saturated rings. The Bertz CT molecular complexity index is 694. The Hall–Kier alpha value is -2.40. The summed E-state index contributed by atoms with van der Waals surface area (Å²) in [6.45, 7) is 0. The van der Waals surface area contributed by atoms with Crippen LogP contribution < -0.4 is 10.6 Å². The molecule has 0 atom stereocenters. The lowest BCUT2D eigenvalue weighted by Crippen LogP contribution is -2.33. The summed E-state index contributed by atoms with van der Waals surface area (Å²) >= 11 is 3.32. The van der Waals surface area contributed by atoms with E-state index in [1.165, 1.54) is 7.05 Å². The predicted octanol–water partition coefficient (Wildman–Crippen LogP) is 2.97. The largest absolute Gasteiger partial charge is 0.354 e. The van der Waals surface area contributed by atoms with Gasteiger partial charge in [-0.1, -0.05) is 46.3 Å². The molecule has 2 aromatic rings. The first kappa shape index (κ1) is 16.0. The summed E-state index contributed by atoms with van der Waals surface area (Å²) in [6.07, 6.45) is 1.63. The molecule has 2 amide bonds. The number of carbonyl (C=O) groups excluding carboxylic acids is 2. The molecular weight excluding hydrogens is 344 g/mol. The summed E-state index contributed by atoms with van der Waals surface area (Å²) < 4.78 is 0.885. The normalized spacial score (nSPS) is 10.9. The highest BCUT2D eigenvalue weighted by Gasteiger charge is 2.13. The fourth-order valence-corrected chi connectivity index (χ4v) is 2.07. The summed E-state index contributed by atoms with van der Waals surface area (Å²) in [5.41, 5.74) is 1.50. The monoisotopic (exact) mass is 358 g/mol. The van der Waals surface area contributed by atoms with Gasteiger partial charge in [0.2, 0.25) is 0 Å². The number of likely N-dealkylation sites (N-methyl/N-ethyl adjacent to an activating group) is 1. The number of carbonyl (C=O) groups is 2. The first-order valence-corrected chi connectivity index (χ1v) is 7.45. The molecule has 0 bridgehead atoms. The van der Waals surface area contributed by atoms with E-state index < -0.39 is 0 Å². The van der Waals surface area contributed by atoms with Gasteiger partial charge in [0.1, 0.15) is 5.70 Å². The minimum Gasteiger partial charge on any atom is -0.354 e. The van der Waals surface area contributed by atoms with Crippen LogP contribution in [0.4, 0.5) is 0 Å². The molecule has 112 valence electrons. The molecule has 0 saturated carbocycles. The van der Waals surface area contributed by atoms with Crippen molar-refractivity contribution in [1.82, 2.24) is 10.6 Å². The minimum atomic E-state index is -0.352. The Morgan fingerprint density at radius 1 is 1.00 bits per heavy atom. The Balaban J connectivity index is 2.24. The van der Waals surface area contributed by atoms with E-state index in [4.69, 9.17) is 0 Å². The molecule has 0 heterocycles. The van der Waals surface area contributed by atoms with Crippen molar-refractivity contribution in [2.24, 2.45) is 0 Å². The van der Waals surface area contributed by atoms with Crippen LogP contribution >= 0.6 is 15.9 Å². The smallest absolute Gasteiger partial charge is 0.267 e. The van der Waals surface area contributed by atoms with E-state index in [-0.39, 0.29) is 17.5 Å². The maximum Gasteiger partial charge on any atom is 0.267 e. The van der Waals surface area contributed by atoms with Crippen LogP contribution in [-0.2, 0) is 4.79 Å². The van der Waals surface area contributed by atoms with Crippen LogP contribution in [0.3, 0.4) is 0 Å². The molecule has 5 heteroatoms. The van der Waals surface area contributed by atoms with Crippen LogP contribution in [0.15, 0.2) is 64.8 Å². The molecule has 0 spiro atoms. The maximum atomic E-state index is 12.2. The third-order valence-corrected chi connectivity index (χ3v) is 3.47. The molecule has 0 unspecified atom stereocenters. The van der Waals surface area contributed by atoms with Gasteiger partial charge in [0.15, 0.2) is 0 Å². The summed E-state index contributed by atoms with van der Waals surface area (Å²) in [7, 11) is 1.52. The fourth-order valence-electron chi connectivity index (χ4n) is 1.80. The molecule has 0 aliphatic carbocycles. The topological polar surface area (TPSA) is 58.2 Å². The van der Waals surface area contributed by atoms with Crippen LogP contribution in [0.25, 0.3) is 6.08 Å². The molecule has 2 N–H and O–H groups in total. The zero-order valence-electron chi connectivity index (χ0n) is 12.0. The number of benzene rings is 2. The molecular formula is C17H15BrN2O2. The highest BCUT2D eigenvalue weighted by Crippen LogP contribution is 2.11. The van der Waals surface area contributed by atoms with Crippen LogP contribution in [0.2, 0.25) is 0 Å². The van der Waals surface area contributed by atoms with Gasteiger partial charge in [0.25, 0.3) is 11.8 Å². The van der Waals surface area contributed by atoms with Crippen LogP contribution in [0, 0.1) is 0 Å². The Kier molecular flexibility index (Phi) is 5.49. The molecule has 4 nitrogen and oxygen atoms in total. The van der Waals surface area contributed by atoms with Crippen molar-refractivity contribution in [3.05, 3.63) is 75.9 Å². The van der Waals surface area contributed by atoms with Crippen molar-refractivity contribution in [2.75, 3.05) is 7.05 Å². The summed E-state index contributed by atoms with van der Waals surface area (Å²) in [5.74, 6) is -0.687. The number of nitrogens with one attached hydrogen (secondary N) is 2. The van der Waals surface area contributed by atoms with Crippen molar-refractivity contribution >= 4 is 33.8 Å². The summed E-state index contributed by atoms with van der Waals surface area (Å²) in [5, 5.41) is 5.17. The van der Waals surface area contributed by atoms with Gasteiger partial charge in [-0.15, -0.1) is 0 Å². The van der Waals surface area contributed by atoms with Crippen molar-refractivity contribution in [3.63, 3.8) is 0 Å². The van der Waals surface area contributed by atoms with E-state index in [0.717, 1.165) is 10.0 Å². The Morgan fingerprint density at radius 2 is 1.64 bits per heavy atom. The molecule has 0 aliphatic heterocycles. The summed E-state index contributed by atoms with van der Waals surface area (Å²) in [6, 6.07) is 16.2. The minimum absolute atomic E-state index is 0.196. The average molecular weight is 359 g/mol. The lowest BCUT2D eigenvalue weighted by atomic mass is 10.1. The van der Waals surface area contributed by atoms with Crippen LogP contribution in [0.5, 0.6) is 0 Å². The third kappa shape index (κ3) is 4.30. The van der Waals surface area contributed by atoms with E-state index in [9.17, 15) is 9.59 Å². The summed E-state index contributed by atoms with van der Waals surface area (Å²) in [4.78, 5) is 24.2. The molecule has 0 aromatic heterocycles. The third-order valence-electron chi connectivity index (χ3n) is 2.94. The zero-order valence-corrected chi connectivity index (χ0v) is 13.6. The molecule has 2 rings (SSSR count). The van der Waals surface area contributed by atoms with E-state index in [1.807, 2.05) is 30.3 Å². The van der Waals surface area contributed by atoms with Gasteiger partial charge in [0, 0.05) is 17.1 Å². The number of halogens is 1. The SMILES string of the molecule is CNC(=O)/C(=C\c1ccccc1)NC(=O)c1ccc(Br)cc1. The van der Waals surface area contributed by atoms with Crippen molar-refractivity contribution in [1.29, 1.82) is 0 Å². The molecule has 0 saturated heterocycles. The quantitative estimate of drug-likeness (QED) is 0.825. The maximum absolute atomic E-state index is 12.2.